The van der Waals surface area contributed by atoms with E-state index in [2.05, 4.69) is 0 Å². The fraction of sp³-hybridized carbons (Fsp3) is 0.500. The molecule has 0 unspecified atom stereocenters. The van der Waals surface area contributed by atoms with Gasteiger partial charge in [-0.3, -0.25) is 4.79 Å². The molecule has 2 nitrogen and oxygen atoms in total. The average Bonchev–Trinajstić information content (AvgIpc) is 3.09. The van der Waals surface area contributed by atoms with Gasteiger partial charge in [0, 0.05) is 18.2 Å². The second-order valence-electron chi connectivity index (χ2n) is 5.23. The maximum absolute atomic E-state index is 13.9. The number of hydrogen-bond donors (Lipinski definition) is 0. The molecule has 1 aliphatic carbocycles. The number of hydrogen-bond acceptors (Lipinski definition) is 2. The van der Waals surface area contributed by atoms with E-state index in [9.17, 15) is 13.6 Å². The summed E-state index contributed by atoms with van der Waals surface area (Å²) in [4.78, 5) is 12.4. The summed E-state index contributed by atoms with van der Waals surface area (Å²) in [6, 6.07) is 2.43. The Labute approximate surface area is 106 Å². The van der Waals surface area contributed by atoms with Crippen molar-refractivity contribution in [2.75, 3.05) is 11.4 Å². The number of carbonyl (C=O) groups excluding carboxylic acids is 1. The van der Waals surface area contributed by atoms with Crippen LogP contribution >= 0.6 is 0 Å². The highest BCUT2D eigenvalue weighted by Crippen LogP contribution is 2.35. The molecule has 0 bridgehead atoms. The molecular weight excluding hydrogens is 236 g/mol. The maximum atomic E-state index is 13.9. The van der Waals surface area contributed by atoms with Gasteiger partial charge < -0.3 is 4.90 Å². The Morgan fingerprint density at radius 2 is 1.89 bits per heavy atom. The van der Waals surface area contributed by atoms with E-state index in [-0.39, 0.29) is 17.3 Å². The highest BCUT2D eigenvalue weighted by molar-refractivity contribution is 5.76. The Morgan fingerprint density at radius 3 is 2.28 bits per heavy atom. The predicted octanol–water partition coefficient (Wildman–Crippen LogP) is 3.40. The third-order valence-electron chi connectivity index (χ3n) is 3.01. The largest absolute Gasteiger partial charge is 0.364 e. The second-order valence-corrected chi connectivity index (χ2v) is 5.23. The summed E-state index contributed by atoms with van der Waals surface area (Å²) in [7, 11) is 0. The van der Waals surface area contributed by atoms with Crippen LogP contribution in [0.2, 0.25) is 0 Å². The summed E-state index contributed by atoms with van der Waals surface area (Å²) < 4.78 is 27.9. The van der Waals surface area contributed by atoms with Crippen LogP contribution in [0.1, 0.15) is 37.0 Å². The third kappa shape index (κ3) is 2.68. The zero-order chi connectivity index (χ0) is 13.3. The van der Waals surface area contributed by atoms with Gasteiger partial charge in [0.2, 0.25) is 0 Å². The zero-order valence-electron chi connectivity index (χ0n) is 10.6. The average molecular weight is 253 g/mol. The Balaban J connectivity index is 2.37. The molecule has 98 valence electrons. The van der Waals surface area contributed by atoms with Crippen molar-refractivity contribution in [1.29, 1.82) is 0 Å². The molecule has 0 amide bonds. The number of carbonyl (C=O) groups is 1. The van der Waals surface area contributed by atoms with Crippen molar-refractivity contribution in [3.05, 3.63) is 29.3 Å². The van der Waals surface area contributed by atoms with Crippen molar-refractivity contribution in [2.24, 2.45) is 5.92 Å². The Bertz CT molecular complexity index is 432. The molecule has 0 spiro atoms. The molecule has 0 aromatic heterocycles. The molecule has 0 atom stereocenters. The first-order valence-corrected chi connectivity index (χ1v) is 6.23. The van der Waals surface area contributed by atoms with Crippen LogP contribution < -0.4 is 4.90 Å². The van der Waals surface area contributed by atoms with E-state index in [0.29, 0.717) is 18.7 Å². The van der Waals surface area contributed by atoms with Crippen LogP contribution in [-0.2, 0) is 0 Å². The smallest absolute Gasteiger partial charge is 0.150 e. The van der Waals surface area contributed by atoms with Crippen LogP contribution in [0.4, 0.5) is 14.5 Å². The van der Waals surface area contributed by atoms with Gasteiger partial charge >= 0.3 is 0 Å². The Kier molecular flexibility index (Phi) is 3.64. The van der Waals surface area contributed by atoms with Gasteiger partial charge in [0.05, 0.1) is 0 Å². The monoisotopic (exact) mass is 253 g/mol. The highest BCUT2D eigenvalue weighted by atomic mass is 19.1. The molecule has 2 rings (SSSR count). The van der Waals surface area contributed by atoms with E-state index in [1.807, 2.05) is 13.8 Å². The number of halogens is 2. The van der Waals surface area contributed by atoms with Crippen LogP contribution in [0.25, 0.3) is 0 Å². The first kappa shape index (κ1) is 13.0. The van der Waals surface area contributed by atoms with Crippen molar-refractivity contribution in [3.63, 3.8) is 0 Å². The lowest BCUT2D eigenvalue weighted by molar-refractivity contribution is 0.112. The fourth-order valence-electron chi connectivity index (χ4n) is 2.13. The molecule has 0 aliphatic heterocycles. The number of anilines is 1. The van der Waals surface area contributed by atoms with Crippen LogP contribution in [0, 0.1) is 17.6 Å². The fourth-order valence-corrected chi connectivity index (χ4v) is 2.13. The van der Waals surface area contributed by atoms with Crippen molar-refractivity contribution in [1.82, 2.24) is 0 Å². The molecule has 0 N–H and O–H groups in total. The minimum atomic E-state index is -0.648. The maximum Gasteiger partial charge on any atom is 0.150 e. The molecule has 0 radical (unpaired) electrons. The third-order valence-corrected chi connectivity index (χ3v) is 3.01. The van der Waals surface area contributed by atoms with Crippen molar-refractivity contribution >= 4 is 12.0 Å². The van der Waals surface area contributed by atoms with Gasteiger partial charge in [0.25, 0.3) is 0 Å². The van der Waals surface area contributed by atoms with Crippen LogP contribution in [0.15, 0.2) is 12.1 Å². The van der Waals surface area contributed by atoms with E-state index in [1.54, 1.807) is 4.90 Å². The molecular formula is C14H17F2NO. The summed E-state index contributed by atoms with van der Waals surface area (Å²) in [6.07, 6.45) is 2.40. The quantitative estimate of drug-likeness (QED) is 0.749. The molecule has 1 aromatic rings. The molecule has 0 saturated heterocycles. The number of aldehydes is 1. The lowest BCUT2D eigenvalue weighted by Gasteiger charge is -2.27. The van der Waals surface area contributed by atoms with E-state index < -0.39 is 11.6 Å². The molecule has 1 aliphatic rings. The minimum Gasteiger partial charge on any atom is -0.364 e. The summed E-state index contributed by atoms with van der Waals surface area (Å²) in [5.41, 5.74) is 0.0471. The summed E-state index contributed by atoms with van der Waals surface area (Å²) in [6.45, 7) is 4.66. The second kappa shape index (κ2) is 5.04. The summed E-state index contributed by atoms with van der Waals surface area (Å²) in [5, 5.41) is 0. The number of benzene rings is 1. The number of rotatable bonds is 5. The van der Waals surface area contributed by atoms with Crippen molar-refractivity contribution in [2.45, 2.75) is 32.7 Å². The van der Waals surface area contributed by atoms with Gasteiger partial charge in [-0.1, -0.05) is 13.8 Å². The standard InChI is InChI=1S/C14H17F2NO/c1-9(2)7-17(11-3-4-11)14-12(15)5-10(8-18)6-13(14)16/h5-6,8-9,11H,3-4,7H2,1-2H3. The normalized spacial score (nSPS) is 14.9. The van der Waals surface area contributed by atoms with Gasteiger partial charge in [0.1, 0.15) is 23.6 Å². The van der Waals surface area contributed by atoms with Crippen molar-refractivity contribution < 1.29 is 13.6 Å². The van der Waals surface area contributed by atoms with Gasteiger partial charge in [-0.05, 0) is 30.9 Å². The van der Waals surface area contributed by atoms with E-state index in [1.165, 1.54) is 0 Å². The van der Waals surface area contributed by atoms with E-state index in [0.717, 1.165) is 25.0 Å². The topological polar surface area (TPSA) is 20.3 Å². The first-order chi connectivity index (χ1) is 8.52. The van der Waals surface area contributed by atoms with Crippen LogP contribution in [-0.4, -0.2) is 18.9 Å². The van der Waals surface area contributed by atoms with Gasteiger partial charge in [-0.2, -0.15) is 0 Å². The van der Waals surface area contributed by atoms with Crippen molar-refractivity contribution in [3.8, 4) is 0 Å². The highest BCUT2D eigenvalue weighted by Gasteiger charge is 2.32. The molecule has 4 heteroatoms. The predicted molar refractivity (Wildman–Crippen MR) is 67.0 cm³/mol. The zero-order valence-corrected chi connectivity index (χ0v) is 10.6. The molecule has 0 heterocycles. The Hall–Kier alpha value is -1.45. The van der Waals surface area contributed by atoms with Gasteiger partial charge in [-0.25, -0.2) is 8.78 Å². The van der Waals surface area contributed by atoms with Crippen LogP contribution in [0.3, 0.4) is 0 Å². The van der Waals surface area contributed by atoms with E-state index in [4.69, 9.17) is 0 Å². The van der Waals surface area contributed by atoms with Crippen LogP contribution in [0.5, 0.6) is 0 Å². The first-order valence-electron chi connectivity index (χ1n) is 6.23. The molecule has 1 aromatic carbocycles. The van der Waals surface area contributed by atoms with Gasteiger partial charge in [0.15, 0.2) is 0 Å². The molecule has 18 heavy (non-hydrogen) atoms. The van der Waals surface area contributed by atoms with E-state index >= 15 is 0 Å². The lowest BCUT2D eigenvalue weighted by atomic mass is 10.1. The summed E-state index contributed by atoms with van der Waals surface area (Å²) in [5.74, 6) is -0.968. The number of nitrogens with zero attached hydrogens (tertiary/aromatic N) is 1. The minimum absolute atomic E-state index is 0.0109. The molecule has 1 fully saturated rings. The SMILES string of the molecule is CC(C)CN(c1c(F)cc(C=O)cc1F)C1CC1. The van der Waals surface area contributed by atoms with Gasteiger partial charge in [-0.15, -0.1) is 0 Å². The molecule has 1 saturated carbocycles. The Morgan fingerprint density at radius 1 is 1.33 bits per heavy atom. The lowest BCUT2D eigenvalue weighted by Crippen LogP contribution is -2.31. The summed E-state index contributed by atoms with van der Waals surface area (Å²) >= 11 is 0.